The Balaban J connectivity index is 1.46. The summed E-state index contributed by atoms with van der Waals surface area (Å²) in [5.74, 6) is 0. The minimum atomic E-state index is -0.748. The highest BCUT2D eigenvalue weighted by Crippen LogP contribution is 2.23. The molecule has 0 radical (unpaired) electrons. The van der Waals surface area contributed by atoms with Crippen LogP contribution in [0.1, 0.15) is 41.0 Å². The summed E-state index contributed by atoms with van der Waals surface area (Å²) in [7, 11) is 1.83. The Morgan fingerprint density at radius 2 is 2.11 bits per heavy atom. The highest BCUT2D eigenvalue weighted by Gasteiger charge is 2.22. The molecule has 7 heteroatoms. The average molecular weight is 366 g/mol. The van der Waals surface area contributed by atoms with Gasteiger partial charge >= 0.3 is 0 Å². The predicted octanol–water partition coefficient (Wildman–Crippen LogP) is 1.85. The largest absolute Gasteiger partial charge is 0.380 e. The highest BCUT2D eigenvalue weighted by atomic mass is 16.3. The molecule has 3 aromatic heterocycles. The van der Waals surface area contributed by atoms with E-state index in [2.05, 4.69) is 32.2 Å². The number of aryl methyl sites for hydroxylation is 3. The molecule has 0 fully saturated rings. The lowest BCUT2D eigenvalue weighted by molar-refractivity contribution is 0.203. The molecule has 3 aromatic rings. The van der Waals surface area contributed by atoms with E-state index in [1.54, 1.807) is 10.9 Å². The van der Waals surface area contributed by atoms with E-state index >= 15 is 0 Å². The number of rotatable bonds is 5. The van der Waals surface area contributed by atoms with Crippen molar-refractivity contribution >= 4 is 0 Å². The first-order valence-corrected chi connectivity index (χ1v) is 9.47. The van der Waals surface area contributed by atoms with Gasteiger partial charge in [-0.05, 0) is 37.6 Å². The molecule has 1 aliphatic heterocycles. The van der Waals surface area contributed by atoms with E-state index in [1.165, 1.54) is 0 Å². The van der Waals surface area contributed by atoms with Crippen LogP contribution in [0.5, 0.6) is 0 Å². The number of pyridine rings is 1. The molecular weight excluding hydrogens is 340 g/mol. The fourth-order valence-electron chi connectivity index (χ4n) is 3.69. The van der Waals surface area contributed by atoms with Crippen LogP contribution in [0.2, 0.25) is 0 Å². The zero-order valence-electron chi connectivity index (χ0n) is 15.9. The SMILES string of the molecule is Cc1cccc(CCN2CCCn3nc(C(O)c4ccnn4C)cc3C2)n1. The predicted molar refractivity (Wildman–Crippen MR) is 102 cm³/mol. The fraction of sp³-hybridized carbons (Fsp3) is 0.450. The van der Waals surface area contributed by atoms with E-state index in [-0.39, 0.29) is 0 Å². The Morgan fingerprint density at radius 1 is 1.22 bits per heavy atom. The lowest BCUT2D eigenvalue weighted by atomic mass is 10.1. The van der Waals surface area contributed by atoms with Crippen molar-refractivity contribution in [3.8, 4) is 0 Å². The lowest BCUT2D eigenvalue weighted by Gasteiger charge is -2.19. The van der Waals surface area contributed by atoms with Gasteiger partial charge in [0, 0.05) is 57.2 Å². The van der Waals surface area contributed by atoms with Gasteiger partial charge in [-0.3, -0.25) is 19.2 Å². The Morgan fingerprint density at radius 3 is 2.89 bits per heavy atom. The Hall–Kier alpha value is -2.51. The fourth-order valence-corrected chi connectivity index (χ4v) is 3.69. The number of aliphatic hydroxyl groups is 1. The zero-order valence-corrected chi connectivity index (χ0v) is 15.9. The monoisotopic (exact) mass is 366 g/mol. The van der Waals surface area contributed by atoms with Gasteiger partial charge in [0.25, 0.3) is 0 Å². The van der Waals surface area contributed by atoms with Gasteiger partial charge in [-0.25, -0.2) is 0 Å². The second kappa shape index (κ2) is 7.62. The highest BCUT2D eigenvalue weighted by molar-refractivity contribution is 5.21. The summed E-state index contributed by atoms with van der Waals surface area (Å²) in [4.78, 5) is 7.05. The van der Waals surface area contributed by atoms with Crippen molar-refractivity contribution in [1.29, 1.82) is 0 Å². The number of fused-ring (bicyclic) bond motifs is 1. The molecule has 0 aromatic carbocycles. The van der Waals surface area contributed by atoms with E-state index in [1.807, 2.05) is 36.9 Å². The van der Waals surface area contributed by atoms with Crippen molar-refractivity contribution in [2.24, 2.45) is 7.05 Å². The maximum absolute atomic E-state index is 10.7. The van der Waals surface area contributed by atoms with Gasteiger partial charge in [-0.1, -0.05) is 6.07 Å². The van der Waals surface area contributed by atoms with Crippen molar-refractivity contribution in [2.45, 2.75) is 39.0 Å². The second-order valence-electron chi connectivity index (χ2n) is 7.22. The maximum Gasteiger partial charge on any atom is 0.139 e. The summed E-state index contributed by atoms with van der Waals surface area (Å²) < 4.78 is 3.73. The first-order valence-electron chi connectivity index (χ1n) is 9.47. The van der Waals surface area contributed by atoms with Crippen LogP contribution in [0.3, 0.4) is 0 Å². The van der Waals surface area contributed by atoms with Crippen LogP contribution in [0, 0.1) is 6.92 Å². The average Bonchev–Trinajstić information content (AvgIpc) is 3.21. The maximum atomic E-state index is 10.7. The van der Waals surface area contributed by atoms with Gasteiger partial charge in [0.1, 0.15) is 6.10 Å². The van der Waals surface area contributed by atoms with Gasteiger partial charge in [0.05, 0.1) is 17.1 Å². The number of aromatic nitrogens is 5. The third-order valence-corrected chi connectivity index (χ3v) is 5.16. The first-order chi connectivity index (χ1) is 13.1. The van der Waals surface area contributed by atoms with Gasteiger partial charge in [-0.15, -0.1) is 0 Å². The van der Waals surface area contributed by atoms with Gasteiger partial charge in [0.2, 0.25) is 0 Å². The molecule has 1 unspecified atom stereocenters. The molecule has 4 heterocycles. The molecule has 0 aliphatic carbocycles. The summed E-state index contributed by atoms with van der Waals surface area (Å²) in [6.45, 7) is 5.78. The van der Waals surface area contributed by atoms with Crippen LogP contribution in [0.4, 0.5) is 0 Å². The first kappa shape index (κ1) is 17.9. The van der Waals surface area contributed by atoms with Crippen LogP contribution < -0.4 is 0 Å². The number of aliphatic hydroxyl groups excluding tert-OH is 1. The second-order valence-corrected chi connectivity index (χ2v) is 7.22. The minimum Gasteiger partial charge on any atom is -0.380 e. The lowest BCUT2D eigenvalue weighted by Crippen LogP contribution is -2.26. The smallest absolute Gasteiger partial charge is 0.139 e. The molecule has 0 spiro atoms. The molecule has 0 saturated carbocycles. The topological polar surface area (TPSA) is 72.0 Å². The van der Waals surface area contributed by atoms with Gasteiger partial charge in [-0.2, -0.15) is 10.2 Å². The van der Waals surface area contributed by atoms with E-state index in [9.17, 15) is 5.11 Å². The molecule has 4 rings (SSSR count). The summed E-state index contributed by atoms with van der Waals surface area (Å²) in [5.41, 5.74) is 4.80. The third kappa shape index (κ3) is 3.94. The van der Waals surface area contributed by atoms with Crippen LogP contribution in [0.25, 0.3) is 0 Å². The van der Waals surface area contributed by atoms with E-state index in [0.29, 0.717) is 5.69 Å². The van der Waals surface area contributed by atoms with Crippen molar-refractivity contribution < 1.29 is 5.11 Å². The third-order valence-electron chi connectivity index (χ3n) is 5.16. The van der Waals surface area contributed by atoms with Crippen LogP contribution in [0.15, 0.2) is 36.5 Å². The van der Waals surface area contributed by atoms with E-state index in [0.717, 1.165) is 61.8 Å². The van der Waals surface area contributed by atoms with Crippen LogP contribution in [-0.2, 0) is 26.6 Å². The molecule has 27 heavy (non-hydrogen) atoms. The van der Waals surface area contributed by atoms with Crippen molar-refractivity contribution in [1.82, 2.24) is 29.4 Å². The van der Waals surface area contributed by atoms with Crippen molar-refractivity contribution in [2.75, 3.05) is 13.1 Å². The van der Waals surface area contributed by atoms with E-state index in [4.69, 9.17) is 0 Å². The van der Waals surface area contributed by atoms with Gasteiger partial charge < -0.3 is 5.11 Å². The van der Waals surface area contributed by atoms with Gasteiger partial charge in [0.15, 0.2) is 0 Å². The number of hydrogen-bond acceptors (Lipinski definition) is 5. The molecule has 0 bridgehead atoms. The molecule has 1 atom stereocenters. The summed E-state index contributed by atoms with van der Waals surface area (Å²) in [6.07, 6.45) is 2.94. The molecule has 7 nitrogen and oxygen atoms in total. The van der Waals surface area contributed by atoms with Crippen LogP contribution >= 0.6 is 0 Å². The quantitative estimate of drug-likeness (QED) is 0.746. The molecule has 1 N–H and O–H groups in total. The number of hydrogen-bond donors (Lipinski definition) is 1. The molecule has 0 amide bonds. The molecular formula is C20H26N6O. The molecule has 142 valence electrons. The Bertz CT molecular complexity index is 915. The standard InChI is InChI=1S/C20H26N6O/c1-15-5-3-6-16(22-15)8-12-25-10-4-11-26-17(14-25)13-18(23-26)20(27)19-7-9-21-24(19)2/h3,5-7,9,13,20,27H,4,8,10-12,14H2,1-2H3. The normalized spacial score (nSPS) is 16.1. The summed E-state index contributed by atoms with van der Waals surface area (Å²) in [6, 6.07) is 10.1. The van der Waals surface area contributed by atoms with Crippen molar-refractivity contribution in [3.05, 3.63) is 65.0 Å². The van der Waals surface area contributed by atoms with E-state index < -0.39 is 6.10 Å². The minimum absolute atomic E-state index is 0.691. The summed E-state index contributed by atoms with van der Waals surface area (Å²) in [5, 5.41) is 19.5. The molecule has 0 saturated heterocycles. The summed E-state index contributed by atoms with van der Waals surface area (Å²) >= 11 is 0. The van der Waals surface area contributed by atoms with Crippen molar-refractivity contribution in [3.63, 3.8) is 0 Å². The molecule has 1 aliphatic rings. The Kier molecular flexibility index (Phi) is 5.05. The number of nitrogens with zero attached hydrogens (tertiary/aromatic N) is 6. The zero-order chi connectivity index (χ0) is 18.8. The van der Waals surface area contributed by atoms with Crippen LogP contribution in [-0.4, -0.2) is 47.6 Å². The Labute approximate surface area is 159 Å².